The molecular formula is C14H19N3O2. The first kappa shape index (κ1) is 12.4. The molecule has 1 aromatic rings. The second-order valence-electron chi connectivity index (χ2n) is 5.32. The van der Waals surface area contributed by atoms with Crippen molar-refractivity contribution in [2.75, 3.05) is 13.1 Å². The Morgan fingerprint density at radius 3 is 3.00 bits per heavy atom. The molecule has 0 bridgehead atoms. The molecule has 2 aliphatic rings. The summed E-state index contributed by atoms with van der Waals surface area (Å²) in [6, 6.07) is 2.33. The minimum atomic E-state index is -0.166. The Hall–Kier alpha value is -1.62. The average molecular weight is 261 g/mol. The molecular weight excluding hydrogens is 242 g/mol. The maximum atomic E-state index is 11.6. The van der Waals surface area contributed by atoms with E-state index in [2.05, 4.69) is 11.2 Å². The molecule has 1 N–H and O–H groups in total. The molecule has 19 heavy (non-hydrogen) atoms. The summed E-state index contributed by atoms with van der Waals surface area (Å²) in [6.45, 7) is 3.24. The lowest BCUT2D eigenvalue weighted by Crippen LogP contribution is -2.31. The summed E-state index contributed by atoms with van der Waals surface area (Å²) in [4.78, 5) is 13.5. The van der Waals surface area contributed by atoms with Crippen LogP contribution < -0.4 is 0 Å². The molecule has 0 saturated heterocycles. The summed E-state index contributed by atoms with van der Waals surface area (Å²) < 4.78 is 1.94. The highest BCUT2D eigenvalue weighted by Crippen LogP contribution is 2.32. The van der Waals surface area contributed by atoms with Crippen LogP contribution in [0.3, 0.4) is 0 Å². The van der Waals surface area contributed by atoms with Crippen molar-refractivity contribution in [1.29, 1.82) is 0 Å². The number of hydrogen-bond donors (Lipinski definition) is 1. The Morgan fingerprint density at radius 1 is 1.53 bits per heavy atom. The average Bonchev–Trinajstić information content (AvgIpc) is 3.02. The number of aromatic nitrogens is 2. The van der Waals surface area contributed by atoms with Crippen molar-refractivity contribution in [2.45, 2.75) is 38.3 Å². The van der Waals surface area contributed by atoms with Gasteiger partial charge in [-0.15, -0.1) is 0 Å². The zero-order valence-corrected chi connectivity index (χ0v) is 11.1. The molecule has 102 valence electrons. The number of hydrogen-bond acceptors (Lipinski definition) is 3. The zero-order chi connectivity index (χ0) is 13.4. The maximum absolute atomic E-state index is 11.6. The maximum Gasteiger partial charge on any atom is 0.222 e. The zero-order valence-electron chi connectivity index (χ0n) is 11.1. The topological polar surface area (TPSA) is 58.4 Å². The summed E-state index contributed by atoms with van der Waals surface area (Å²) in [5, 5.41) is 13.9. The standard InChI is InChI=1S/C14H19N3O2/c1-2-14(19)16-5-3-10(9-16)13-4-6-17(15-13)11-7-12(18)8-11/h3-4,6,11-12,18H,2,5,7-9H2,1H3. The molecule has 5 heteroatoms. The van der Waals surface area contributed by atoms with E-state index in [9.17, 15) is 9.90 Å². The first-order valence-corrected chi connectivity index (χ1v) is 6.87. The van der Waals surface area contributed by atoms with Crippen LogP contribution in [0.4, 0.5) is 0 Å². The molecule has 0 radical (unpaired) electrons. The molecule has 1 aromatic heterocycles. The summed E-state index contributed by atoms with van der Waals surface area (Å²) in [7, 11) is 0. The fourth-order valence-electron chi connectivity index (χ4n) is 2.64. The Balaban J connectivity index is 1.66. The number of aliphatic hydroxyl groups is 1. The molecule has 2 heterocycles. The number of carbonyl (C=O) groups is 1. The van der Waals surface area contributed by atoms with Crippen LogP contribution in [0.2, 0.25) is 0 Å². The number of nitrogens with zero attached hydrogens (tertiary/aromatic N) is 3. The van der Waals surface area contributed by atoms with Gasteiger partial charge in [0.05, 0.1) is 17.8 Å². The van der Waals surface area contributed by atoms with Gasteiger partial charge in [-0.25, -0.2) is 0 Å². The minimum absolute atomic E-state index is 0.166. The van der Waals surface area contributed by atoms with Gasteiger partial charge in [0.1, 0.15) is 0 Å². The number of amides is 1. The van der Waals surface area contributed by atoms with E-state index in [1.54, 1.807) is 0 Å². The van der Waals surface area contributed by atoms with Gasteiger partial charge in [-0.05, 0) is 24.5 Å². The van der Waals surface area contributed by atoms with Gasteiger partial charge in [-0.2, -0.15) is 5.10 Å². The predicted molar refractivity (Wildman–Crippen MR) is 71.4 cm³/mol. The smallest absolute Gasteiger partial charge is 0.222 e. The van der Waals surface area contributed by atoms with E-state index < -0.39 is 0 Å². The minimum Gasteiger partial charge on any atom is -0.393 e. The van der Waals surface area contributed by atoms with Crippen molar-refractivity contribution in [3.63, 3.8) is 0 Å². The highest BCUT2D eigenvalue weighted by atomic mass is 16.3. The highest BCUT2D eigenvalue weighted by molar-refractivity contribution is 5.81. The third-order valence-corrected chi connectivity index (χ3v) is 3.97. The fraction of sp³-hybridized carbons (Fsp3) is 0.571. The third-order valence-electron chi connectivity index (χ3n) is 3.97. The van der Waals surface area contributed by atoms with E-state index in [0.717, 1.165) is 24.1 Å². The molecule has 5 nitrogen and oxygen atoms in total. The van der Waals surface area contributed by atoms with Gasteiger partial charge >= 0.3 is 0 Å². The van der Waals surface area contributed by atoms with Crippen molar-refractivity contribution in [3.05, 3.63) is 24.0 Å². The number of rotatable bonds is 3. The Kier molecular flexibility index (Phi) is 3.14. The molecule has 3 rings (SSSR count). The molecule has 1 aliphatic carbocycles. The second-order valence-corrected chi connectivity index (χ2v) is 5.32. The van der Waals surface area contributed by atoms with E-state index in [1.165, 1.54) is 0 Å². The molecule has 1 aliphatic heterocycles. The van der Waals surface area contributed by atoms with Crippen molar-refractivity contribution >= 4 is 11.5 Å². The van der Waals surface area contributed by atoms with Crippen molar-refractivity contribution in [3.8, 4) is 0 Å². The van der Waals surface area contributed by atoms with Crippen molar-refractivity contribution < 1.29 is 9.90 Å². The highest BCUT2D eigenvalue weighted by Gasteiger charge is 2.29. The molecule has 0 atom stereocenters. The Labute approximate surface area is 112 Å². The first-order chi connectivity index (χ1) is 9.17. The van der Waals surface area contributed by atoms with Crippen LogP contribution in [0.25, 0.3) is 5.57 Å². The summed E-state index contributed by atoms with van der Waals surface area (Å²) in [6.07, 6.45) is 6.02. The lowest BCUT2D eigenvalue weighted by atomic mass is 9.90. The number of carbonyl (C=O) groups excluding carboxylic acids is 1. The molecule has 1 fully saturated rings. The first-order valence-electron chi connectivity index (χ1n) is 6.87. The van der Waals surface area contributed by atoms with Gasteiger partial charge in [0, 0.05) is 25.7 Å². The van der Waals surface area contributed by atoms with Gasteiger partial charge in [0.2, 0.25) is 5.91 Å². The van der Waals surface area contributed by atoms with Gasteiger partial charge in [0.25, 0.3) is 0 Å². The van der Waals surface area contributed by atoms with E-state index in [0.29, 0.717) is 25.6 Å². The van der Waals surface area contributed by atoms with Gasteiger partial charge in [-0.3, -0.25) is 9.48 Å². The quantitative estimate of drug-likeness (QED) is 0.890. The van der Waals surface area contributed by atoms with Gasteiger partial charge < -0.3 is 10.0 Å². The monoisotopic (exact) mass is 261 g/mol. The van der Waals surface area contributed by atoms with Crippen molar-refractivity contribution in [2.24, 2.45) is 0 Å². The third kappa shape index (κ3) is 2.30. The Bertz CT molecular complexity index is 515. The SMILES string of the molecule is CCC(=O)N1CC=C(c2ccn(C3CC(O)C3)n2)C1. The van der Waals surface area contributed by atoms with Crippen LogP contribution in [0, 0.1) is 0 Å². The van der Waals surface area contributed by atoms with Crippen molar-refractivity contribution in [1.82, 2.24) is 14.7 Å². The normalized spacial score (nSPS) is 26.2. The summed E-state index contributed by atoms with van der Waals surface area (Å²) >= 11 is 0. The molecule has 1 amide bonds. The van der Waals surface area contributed by atoms with E-state index in [1.807, 2.05) is 28.8 Å². The molecule has 1 saturated carbocycles. The largest absolute Gasteiger partial charge is 0.393 e. The van der Waals surface area contributed by atoms with Crippen LogP contribution >= 0.6 is 0 Å². The number of aliphatic hydroxyl groups excluding tert-OH is 1. The summed E-state index contributed by atoms with van der Waals surface area (Å²) in [5.74, 6) is 0.188. The van der Waals surface area contributed by atoms with Gasteiger partial charge in [0.15, 0.2) is 0 Å². The van der Waals surface area contributed by atoms with Crippen LogP contribution in [0.5, 0.6) is 0 Å². The van der Waals surface area contributed by atoms with Gasteiger partial charge in [-0.1, -0.05) is 13.0 Å². The van der Waals surface area contributed by atoms with Crippen LogP contribution in [-0.4, -0.2) is 44.9 Å². The molecule has 0 spiro atoms. The summed E-state index contributed by atoms with van der Waals surface area (Å²) in [5.41, 5.74) is 2.08. The lowest BCUT2D eigenvalue weighted by molar-refractivity contribution is -0.129. The fourth-order valence-corrected chi connectivity index (χ4v) is 2.64. The van der Waals surface area contributed by atoms with Crippen LogP contribution in [0.15, 0.2) is 18.3 Å². The molecule has 0 unspecified atom stereocenters. The second kappa shape index (κ2) is 4.81. The van der Waals surface area contributed by atoms with E-state index in [-0.39, 0.29) is 12.0 Å². The van der Waals surface area contributed by atoms with Crippen LogP contribution in [-0.2, 0) is 4.79 Å². The van der Waals surface area contributed by atoms with E-state index >= 15 is 0 Å². The van der Waals surface area contributed by atoms with E-state index in [4.69, 9.17) is 0 Å². The molecule has 0 aromatic carbocycles. The Morgan fingerprint density at radius 2 is 2.32 bits per heavy atom. The van der Waals surface area contributed by atoms with Crippen LogP contribution in [0.1, 0.15) is 37.9 Å². The lowest BCUT2D eigenvalue weighted by Gasteiger charge is -2.31. The predicted octanol–water partition coefficient (Wildman–Crippen LogP) is 1.21.